The number of likely N-dealkylation sites (tertiary alicyclic amines) is 1. The second-order valence-electron chi connectivity index (χ2n) is 5.38. The molecule has 114 valence electrons. The number of fused-ring (bicyclic) bond motifs is 1. The molecule has 1 N–H and O–H groups in total. The number of hydrogen-bond acceptors (Lipinski definition) is 3. The average Bonchev–Trinajstić information content (AvgIpc) is 3.02. The van der Waals surface area contributed by atoms with E-state index in [9.17, 15) is 9.59 Å². The first-order valence-corrected chi connectivity index (χ1v) is 8.27. The standard InChI is InChI=1S/C17H17NO3S/c19-16(18-9-3-6-15(18)17(20)21)11-22-14-8-7-12-4-1-2-5-13(12)10-14/h1-2,4-5,7-8,10,15H,3,6,9,11H2,(H,20,21). The summed E-state index contributed by atoms with van der Waals surface area (Å²) in [4.78, 5) is 25.9. The third kappa shape index (κ3) is 3.09. The SMILES string of the molecule is O=C(O)C1CCCN1C(=O)CSc1ccc2ccccc2c1. The zero-order chi connectivity index (χ0) is 15.5. The first-order chi connectivity index (χ1) is 10.6. The third-order valence-corrected chi connectivity index (χ3v) is 4.92. The van der Waals surface area contributed by atoms with Gasteiger partial charge in [0.25, 0.3) is 0 Å². The molecule has 1 amide bonds. The molecule has 2 aromatic carbocycles. The first-order valence-electron chi connectivity index (χ1n) is 7.29. The molecule has 3 rings (SSSR count). The molecule has 5 heteroatoms. The van der Waals surface area contributed by atoms with E-state index in [4.69, 9.17) is 5.11 Å². The zero-order valence-electron chi connectivity index (χ0n) is 12.1. The number of aliphatic carboxylic acids is 1. The number of hydrogen-bond donors (Lipinski definition) is 1. The average molecular weight is 315 g/mol. The summed E-state index contributed by atoms with van der Waals surface area (Å²) in [5.74, 6) is -0.716. The van der Waals surface area contributed by atoms with E-state index in [1.54, 1.807) is 0 Å². The molecule has 0 aromatic heterocycles. The number of amides is 1. The van der Waals surface area contributed by atoms with Crippen LogP contribution in [0, 0.1) is 0 Å². The second kappa shape index (κ2) is 6.40. The summed E-state index contributed by atoms with van der Waals surface area (Å²) in [6, 6.07) is 13.5. The molecule has 0 spiro atoms. The van der Waals surface area contributed by atoms with Crippen LogP contribution in [0.5, 0.6) is 0 Å². The van der Waals surface area contributed by atoms with Gasteiger partial charge in [-0.3, -0.25) is 4.79 Å². The van der Waals surface area contributed by atoms with Crippen LogP contribution in [0.25, 0.3) is 10.8 Å². The van der Waals surface area contributed by atoms with Gasteiger partial charge in [-0.25, -0.2) is 4.79 Å². The molecule has 2 aromatic rings. The van der Waals surface area contributed by atoms with Gasteiger partial charge in [-0.05, 0) is 35.7 Å². The van der Waals surface area contributed by atoms with Crippen molar-refractivity contribution < 1.29 is 14.7 Å². The van der Waals surface area contributed by atoms with E-state index >= 15 is 0 Å². The largest absolute Gasteiger partial charge is 0.480 e. The molecule has 1 saturated heterocycles. The molecule has 0 saturated carbocycles. The van der Waals surface area contributed by atoms with Gasteiger partial charge < -0.3 is 10.0 Å². The topological polar surface area (TPSA) is 57.6 Å². The number of carbonyl (C=O) groups is 2. The second-order valence-corrected chi connectivity index (χ2v) is 6.43. The molecular weight excluding hydrogens is 298 g/mol. The molecule has 1 aliphatic heterocycles. The number of thioether (sulfide) groups is 1. The smallest absolute Gasteiger partial charge is 0.326 e. The van der Waals surface area contributed by atoms with Crippen molar-refractivity contribution in [1.29, 1.82) is 0 Å². The van der Waals surface area contributed by atoms with E-state index < -0.39 is 12.0 Å². The summed E-state index contributed by atoms with van der Waals surface area (Å²) in [6.45, 7) is 0.550. The molecule has 1 heterocycles. The fraction of sp³-hybridized carbons (Fsp3) is 0.294. The van der Waals surface area contributed by atoms with Gasteiger partial charge in [-0.15, -0.1) is 11.8 Å². The normalized spacial score (nSPS) is 17.8. The van der Waals surface area contributed by atoms with Crippen LogP contribution in [0.4, 0.5) is 0 Å². The Morgan fingerprint density at radius 1 is 1.18 bits per heavy atom. The lowest BCUT2D eigenvalue weighted by Gasteiger charge is -2.21. The van der Waals surface area contributed by atoms with Crippen molar-refractivity contribution in [3.8, 4) is 0 Å². The number of nitrogens with zero attached hydrogens (tertiary/aromatic N) is 1. The molecule has 1 aliphatic rings. The van der Waals surface area contributed by atoms with Gasteiger partial charge in [0.15, 0.2) is 0 Å². The monoisotopic (exact) mass is 315 g/mol. The van der Waals surface area contributed by atoms with E-state index in [1.807, 2.05) is 30.3 Å². The van der Waals surface area contributed by atoms with Crippen LogP contribution in [0.3, 0.4) is 0 Å². The van der Waals surface area contributed by atoms with Gasteiger partial charge in [0.2, 0.25) is 5.91 Å². The minimum absolute atomic E-state index is 0.0944. The summed E-state index contributed by atoms with van der Waals surface area (Å²) >= 11 is 1.46. The Morgan fingerprint density at radius 3 is 2.73 bits per heavy atom. The summed E-state index contributed by atoms with van der Waals surface area (Å²) in [5, 5.41) is 11.4. The Hall–Kier alpha value is -2.01. The Bertz CT molecular complexity index is 716. The van der Waals surface area contributed by atoms with Gasteiger partial charge in [-0.1, -0.05) is 30.3 Å². The summed E-state index contributed by atoms with van der Waals surface area (Å²) in [7, 11) is 0. The van der Waals surface area contributed by atoms with Crippen molar-refractivity contribution in [2.24, 2.45) is 0 Å². The highest BCUT2D eigenvalue weighted by atomic mass is 32.2. The van der Waals surface area contributed by atoms with Crippen molar-refractivity contribution in [3.05, 3.63) is 42.5 Å². The lowest BCUT2D eigenvalue weighted by Crippen LogP contribution is -2.41. The predicted molar refractivity (Wildman–Crippen MR) is 87.0 cm³/mol. The van der Waals surface area contributed by atoms with Gasteiger partial charge >= 0.3 is 5.97 Å². The molecular formula is C17H17NO3S. The van der Waals surface area contributed by atoms with E-state index in [2.05, 4.69) is 12.1 Å². The summed E-state index contributed by atoms with van der Waals surface area (Å²) < 4.78 is 0. The van der Waals surface area contributed by atoms with Crippen molar-refractivity contribution in [1.82, 2.24) is 4.90 Å². The van der Waals surface area contributed by atoms with Gasteiger partial charge in [0.1, 0.15) is 6.04 Å². The van der Waals surface area contributed by atoms with Crippen LogP contribution in [-0.4, -0.2) is 40.2 Å². The maximum atomic E-state index is 12.2. The Labute approximate surface area is 133 Å². The van der Waals surface area contributed by atoms with Crippen molar-refractivity contribution in [2.45, 2.75) is 23.8 Å². The van der Waals surface area contributed by atoms with E-state index in [-0.39, 0.29) is 11.7 Å². The minimum Gasteiger partial charge on any atom is -0.480 e. The fourth-order valence-electron chi connectivity index (χ4n) is 2.81. The van der Waals surface area contributed by atoms with Crippen LogP contribution >= 0.6 is 11.8 Å². The van der Waals surface area contributed by atoms with E-state index in [1.165, 1.54) is 22.0 Å². The maximum absolute atomic E-state index is 12.2. The number of rotatable bonds is 4. The lowest BCUT2D eigenvalue weighted by atomic mass is 10.1. The highest BCUT2D eigenvalue weighted by Gasteiger charge is 2.33. The van der Waals surface area contributed by atoms with Crippen molar-refractivity contribution >= 4 is 34.4 Å². The quantitative estimate of drug-likeness (QED) is 0.881. The van der Waals surface area contributed by atoms with Crippen molar-refractivity contribution in [3.63, 3.8) is 0 Å². The van der Waals surface area contributed by atoms with Gasteiger partial charge in [-0.2, -0.15) is 0 Å². The summed E-state index contributed by atoms with van der Waals surface area (Å²) in [5.41, 5.74) is 0. The van der Waals surface area contributed by atoms with Crippen LogP contribution < -0.4 is 0 Å². The molecule has 0 aliphatic carbocycles. The van der Waals surface area contributed by atoms with Crippen molar-refractivity contribution in [2.75, 3.05) is 12.3 Å². The first kappa shape index (κ1) is 14.9. The highest BCUT2D eigenvalue weighted by Crippen LogP contribution is 2.25. The highest BCUT2D eigenvalue weighted by molar-refractivity contribution is 8.00. The van der Waals surface area contributed by atoms with Crippen LogP contribution in [-0.2, 0) is 9.59 Å². The predicted octanol–water partition coefficient (Wildman–Crippen LogP) is 3.01. The number of benzene rings is 2. The van der Waals surface area contributed by atoms with Gasteiger partial charge in [0.05, 0.1) is 5.75 Å². The van der Waals surface area contributed by atoms with E-state index in [0.29, 0.717) is 13.0 Å². The molecule has 0 radical (unpaired) electrons. The van der Waals surface area contributed by atoms with E-state index in [0.717, 1.165) is 16.7 Å². The molecule has 1 fully saturated rings. The Morgan fingerprint density at radius 2 is 1.95 bits per heavy atom. The zero-order valence-corrected chi connectivity index (χ0v) is 12.9. The molecule has 0 bridgehead atoms. The Kier molecular flexibility index (Phi) is 4.34. The lowest BCUT2D eigenvalue weighted by molar-refractivity contribution is -0.147. The fourth-order valence-corrected chi connectivity index (χ4v) is 3.64. The number of carbonyl (C=O) groups excluding carboxylic acids is 1. The van der Waals surface area contributed by atoms with Crippen LogP contribution in [0.1, 0.15) is 12.8 Å². The third-order valence-electron chi connectivity index (χ3n) is 3.94. The molecule has 1 unspecified atom stereocenters. The maximum Gasteiger partial charge on any atom is 0.326 e. The van der Waals surface area contributed by atoms with Crippen LogP contribution in [0.15, 0.2) is 47.4 Å². The van der Waals surface area contributed by atoms with Gasteiger partial charge in [0, 0.05) is 11.4 Å². The minimum atomic E-state index is -0.901. The Balaban J connectivity index is 1.66. The molecule has 4 nitrogen and oxygen atoms in total. The number of carboxylic acids is 1. The number of carboxylic acid groups (broad SMARTS) is 1. The van der Waals surface area contributed by atoms with Crippen LogP contribution in [0.2, 0.25) is 0 Å². The summed E-state index contributed by atoms with van der Waals surface area (Å²) in [6.07, 6.45) is 1.32. The molecule has 1 atom stereocenters. The molecule has 22 heavy (non-hydrogen) atoms.